The molecule has 0 atom stereocenters. The van der Waals surface area contributed by atoms with Gasteiger partial charge in [0.1, 0.15) is 0 Å². The van der Waals surface area contributed by atoms with E-state index in [-0.39, 0.29) is 5.91 Å². The standard InChI is InChI=1S/C19H16N2OS2/c22-18(16-6-2-8-17-15(16)7-3-9-20-17)21-14-5-1-4-13(12-14)19-23-10-11-24-19/h1-9,12,19H,10-11H2,(H,21,22). The van der Waals surface area contributed by atoms with Crippen molar-refractivity contribution in [2.24, 2.45) is 0 Å². The highest BCUT2D eigenvalue weighted by Gasteiger charge is 2.18. The van der Waals surface area contributed by atoms with Gasteiger partial charge in [-0.3, -0.25) is 9.78 Å². The minimum Gasteiger partial charge on any atom is -0.322 e. The monoisotopic (exact) mass is 352 g/mol. The van der Waals surface area contributed by atoms with Crippen LogP contribution < -0.4 is 5.32 Å². The zero-order chi connectivity index (χ0) is 16.4. The third kappa shape index (κ3) is 3.14. The molecule has 5 heteroatoms. The summed E-state index contributed by atoms with van der Waals surface area (Å²) in [4.78, 5) is 17.0. The number of pyridine rings is 1. The molecule has 0 bridgehead atoms. The van der Waals surface area contributed by atoms with Crippen molar-refractivity contribution < 1.29 is 4.79 Å². The van der Waals surface area contributed by atoms with Crippen LogP contribution in [0.5, 0.6) is 0 Å². The summed E-state index contributed by atoms with van der Waals surface area (Å²) in [6.45, 7) is 0. The number of aromatic nitrogens is 1. The van der Waals surface area contributed by atoms with Gasteiger partial charge in [0.05, 0.1) is 10.1 Å². The van der Waals surface area contributed by atoms with Crippen LogP contribution in [0.25, 0.3) is 10.9 Å². The van der Waals surface area contributed by atoms with Gasteiger partial charge in [-0.05, 0) is 35.9 Å². The Kier molecular flexibility index (Phi) is 4.45. The van der Waals surface area contributed by atoms with Gasteiger partial charge in [-0.25, -0.2) is 0 Å². The predicted octanol–water partition coefficient (Wildman–Crippen LogP) is 4.97. The second-order valence-corrected chi connectivity index (χ2v) is 8.25. The molecule has 1 aliphatic rings. The summed E-state index contributed by atoms with van der Waals surface area (Å²) in [5, 5.41) is 3.90. The molecular formula is C19H16N2OS2. The summed E-state index contributed by atoms with van der Waals surface area (Å²) in [6, 6.07) is 17.6. The van der Waals surface area contributed by atoms with Crippen LogP contribution in [-0.4, -0.2) is 22.4 Å². The van der Waals surface area contributed by atoms with Crippen LogP contribution in [0, 0.1) is 0 Å². The van der Waals surface area contributed by atoms with Crippen LogP contribution in [0.4, 0.5) is 5.69 Å². The lowest BCUT2D eigenvalue weighted by Gasteiger charge is -2.12. The van der Waals surface area contributed by atoms with Gasteiger partial charge < -0.3 is 5.32 Å². The molecule has 2 aromatic carbocycles. The maximum absolute atomic E-state index is 12.7. The number of thioether (sulfide) groups is 2. The molecule has 0 unspecified atom stereocenters. The fourth-order valence-electron chi connectivity index (χ4n) is 2.81. The van der Waals surface area contributed by atoms with Crippen molar-refractivity contribution in [3.63, 3.8) is 0 Å². The van der Waals surface area contributed by atoms with E-state index in [1.165, 1.54) is 17.1 Å². The number of benzene rings is 2. The van der Waals surface area contributed by atoms with Crippen LogP contribution >= 0.6 is 23.5 Å². The van der Waals surface area contributed by atoms with Crippen LogP contribution in [0.15, 0.2) is 60.8 Å². The SMILES string of the molecule is O=C(Nc1cccc(C2SCCS2)c1)c1cccc2ncccc12. The molecule has 0 aliphatic carbocycles. The van der Waals surface area contributed by atoms with Gasteiger partial charge in [-0.15, -0.1) is 23.5 Å². The molecule has 0 radical (unpaired) electrons. The lowest BCUT2D eigenvalue weighted by atomic mass is 10.1. The van der Waals surface area contributed by atoms with Gasteiger partial charge in [-0.1, -0.05) is 24.3 Å². The topological polar surface area (TPSA) is 42.0 Å². The zero-order valence-electron chi connectivity index (χ0n) is 12.9. The Labute approximate surface area is 149 Å². The summed E-state index contributed by atoms with van der Waals surface area (Å²) >= 11 is 3.93. The van der Waals surface area contributed by atoms with Gasteiger partial charge in [0, 0.05) is 34.3 Å². The third-order valence-corrected chi connectivity index (χ3v) is 7.03. The van der Waals surface area contributed by atoms with E-state index in [4.69, 9.17) is 0 Å². The number of carbonyl (C=O) groups is 1. The molecule has 3 aromatic rings. The molecule has 120 valence electrons. The number of nitrogens with zero attached hydrogens (tertiary/aromatic N) is 1. The van der Waals surface area contributed by atoms with Crippen molar-refractivity contribution in [2.75, 3.05) is 16.8 Å². The molecule has 1 fully saturated rings. The first-order valence-corrected chi connectivity index (χ1v) is 9.89. The van der Waals surface area contributed by atoms with Gasteiger partial charge in [0.15, 0.2) is 0 Å². The predicted molar refractivity (Wildman–Crippen MR) is 104 cm³/mol. The molecule has 4 rings (SSSR count). The first-order chi connectivity index (χ1) is 11.8. The highest BCUT2D eigenvalue weighted by Crippen LogP contribution is 2.45. The minimum atomic E-state index is -0.0996. The number of fused-ring (bicyclic) bond motifs is 1. The molecule has 1 N–H and O–H groups in total. The minimum absolute atomic E-state index is 0.0996. The molecule has 1 amide bonds. The lowest BCUT2D eigenvalue weighted by Crippen LogP contribution is -2.12. The Bertz CT molecular complexity index is 886. The van der Waals surface area contributed by atoms with E-state index < -0.39 is 0 Å². The van der Waals surface area contributed by atoms with Gasteiger partial charge in [0.25, 0.3) is 5.91 Å². The highest BCUT2D eigenvalue weighted by atomic mass is 32.2. The summed E-state index contributed by atoms with van der Waals surface area (Å²) in [5.74, 6) is 2.28. The summed E-state index contributed by atoms with van der Waals surface area (Å²) in [5.41, 5.74) is 3.58. The molecular weight excluding hydrogens is 336 g/mol. The van der Waals surface area contributed by atoms with E-state index in [0.717, 1.165) is 16.6 Å². The Balaban J connectivity index is 1.60. The lowest BCUT2D eigenvalue weighted by molar-refractivity contribution is 0.102. The maximum atomic E-state index is 12.7. The van der Waals surface area contributed by atoms with E-state index >= 15 is 0 Å². The van der Waals surface area contributed by atoms with Crippen molar-refractivity contribution in [1.29, 1.82) is 0 Å². The number of nitrogens with one attached hydrogen (secondary N) is 1. The second kappa shape index (κ2) is 6.87. The molecule has 0 spiro atoms. The van der Waals surface area contributed by atoms with Crippen molar-refractivity contribution in [2.45, 2.75) is 4.58 Å². The number of anilines is 1. The number of amides is 1. The average molecular weight is 352 g/mol. The average Bonchev–Trinajstić information content (AvgIpc) is 3.16. The summed E-state index contributed by atoms with van der Waals surface area (Å²) in [6.07, 6.45) is 1.74. The third-order valence-electron chi connectivity index (χ3n) is 3.93. The Hall–Kier alpha value is -1.98. The summed E-state index contributed by atoms with van der Waals surface area (Å²) in [7, 11) is 0. The molecule has 3 nitrogen and oxygen atoms in total. The van der Waals surface area contributed by atoms with Crippen LogP contribution in [0.2, 0.25) is 0 Å². The van der Waals surface area contributed by atoms with Crippen LogP contribution in [-0.2, 0) is 0 Å². The van der Waals surface area contributed by atoms with E-state index in [1.807, 2.05) is 66.0 Å². The maximum Gasteiger partial charge on any atom is 0.256 e. The Morgan fingerprint density at radius 2 is 1.88 bits per heavy atom. The van der Waals surface area contributed by atoms with Crippen molar-refractivity contribution >= 4 is 46.0 Å². The van der Waals surface area contributed by atoms with Crippen LogP contribution in [0.3, 0.4) is 0 Å². The van der Waals surface area contributed by atoms with Crippen molar-refractivity contribution in [3.8, 4) is 0 Å². The van der Waals surface area contributed by atoms with Gasteiger partial charge in [0.2, 0.25) is 0 Å². The van der Waals surface area contributed by atoms with E-state index in [2.05, 4.69) is 22.4 Å². The molecule has 1 aliphatic heterocycles. The highest BCUT2D eigenvalue weighted by molar-refractivity contribution is 8.19. The van der Waals surface area contributed by atoms with Gasteiger partial charge >= 0.3 is 0 Å². The van der Waals surface area contributed by atoms with Crippen molar-refractivity contribution in [3.05, 3.63) is 71.9 Å². The molecule has 2 heterocycles. The largest absolute Gasteiger partial charge is 0.322 e. The number of carbonyl (C=O) groups excluding carboxylic acids is 1. The zero-order valence-corrected chi connectivity index (χ0v) is 14.6. The van der Waals surface area contributed by atoms with Crippen molar-refractivity contribution in [1.82, 2.24) is 4.98 Å². The Morgan fingerprint density at radius 1 is 1.04 bits per heavy atom. The first kappa shape index (κ1) is 15.5. The van der Waals surface area contributed by atoms with E-state index in [9.17, 15) is 4.79 Å². The number of rotatable bonds is 3. The molecule has 1 aromatic heterocycles. The quantitative estimate of drug-likeness (QED) is 0.723. The fourth-order valence-corrected chi connectivity index (χ4v) is 5.65. The van der Waals surface area contributed by atoms with Gasteiger partial charge in [-0.2, -0.15) is 0 Å². The van der Waals surface area contributed by atoms with Crippen LogP contribution in [0.1, 0.15) is 20.5 Å². The molecule has 24 heavy (non-hydrogen) atoms. The smallest absolute Gasteiger partial charge is 0.256 e. The second-order valence-electron chi connectivity index (χ2n) is 5.53. The number of hydrogen-bond acceptors (Lipinski definition) is 4. The summed E-state index contributed by atoms with van der Waals surface area (Å²) < 4.78 is 0.476. The van der Waals surface area contributed by atoms with E-state index in [1.54, 1.807) is 6.20 Å². The normalized spacial score (nSPS) is 14.8. The number of hydrogen-bond donors (Lipinski definition) is 1. The molecule has 0 saturated carbocycles. The Morgan fingerprint density at radius 3 is 2.75 bits per heavy atom. The van der Waals surface area contributed by atoms with E-state index in [0.29, 0.717) is 10.1 Å². The molecule has 1 saturated heterocycles. The fraction of sp³-hybridized carbons (Fsp3) is 0.158. The first-order valence-electron chi connectivity index (χ1n) is 7.79.